The average Bonchev–Trinajstić information content (AvgIpc) is 3.35. The van der Waals surface area contributed by atoms with Gasteiger partial charge in [0.1, 0.15) is 11.5 Å². The van der Waals surface area contributed by atoms with Crippen LogP contribution in [0.3, 0.4) is 0 Å². The first-order valence-corrected chi connectivity index (χ1v) is 7.35. The Bertz CT molecular complexity index is 457. The summed E-state index contributed by atoms with van der Waals surface area (Å²) in [5.41, 5.74) is 0. The van der Waals surface area contributed by atoms with Crippen molar-refractivity contribution in [3.8, 4) is 11.5 Å². The fourth-order valence-electron chi connectivity index (χ4n) is 2.12. The van der Waals surface area contributed by atoms with Crippen molar-refractivity contribution < 1.29 is 14.3 Å². The number of nitrogens with zero attached hydrogens (tertiary/aromatic N) is 1. The highest BCUT2D eigenvalue weighted by atomic mass is 16.5. The third-order valence-corrected chi connectivity index (χ3v) is 3.84. The Balaban J connectivity index is 1.66. The second kappa shape index (κ2) is 7.31. The van der Waals surface area contributed by atoms with Gasteiger partial charge in [-0.3, -0.25) is 9.69 Å². The van der Waals surface area contributed by atoms with E-state index in [4.69, 9.17) is 9.47 Å². The number of hydrogen-bond donors (Lipinski definition) is 1. The Labute approximate surface area is 126 Å². The lowest BCUT2D eigenvalue weighted by Gasteiger charge is -2.24. The molecular formula is C16H24N2O3. The molecule has 1 saturated carbocycles. The fourth-order valence-corrected chi connectivity index (χ4v) is 2.12. The van der Waals surface area contributed by atoms with Gasteiger partial charge in [-0.25, -0.2) is 0 Å². The molecule has 0 radical (unpaired) electrons. The highest BCUT2D eigenvalue weighted by molar-refractivity contribution is 5.77. The molecule has 5 nitrogen and oxygen atoms in total. The first kappa shape index (κ1) is 15.6. The van der Waals surface area contributed by atoms with Gasteiger partial charge in [-0.05, 0) is 51.1 Å². The van der Waals surface area contributed by atoms with Crippen LogP contribution in [0, 0.1) is 0 Å². The van der Waals surface area contributed by atoms with Crippen molar-refractivity contribution in [2.75, 3.05) is 27.3 Å². The number of benzene rings is 1. The van der Waals surface area contributed by atoms with Gasteiger partial charge in [0.05, 0.1) is 7.11 Å². The zero-order valence-electron chi connectivity index (χ0n) is 13.0. The lowest BCUT2D eigenvalue weighted by molar-refractivity contribution is -0.123. The summed E-state index contributed by atoms with van der Waals surface area (Å²) in [5.74, 6) is 1.33. The molecule has 0 aliphatic heterocycles. The molecule has 116 valence electrons. The molecule has 1 atom stereocenters. The number of likely N-dealkylation sites (N-methyl/N-ethyl adjacent to an activating group) is 1. The molecule has 0 saturated heterocycles. The van der Waals surface area contributed by atoms with Crippen molar-refractivity contribution in [3.63, 3.8) is 0 Å². The summed E-state index contributed by atoms with van der Waals surface area (Å²) in [5, 5.41) is 2.91. The first-order valence-electron chi connectivity index (χ1n) is 7.35. The third kappa shape index (κ3) is 4.93. The molecule has 1 aliphatic rings. The van der Waals surface area contributed by atoms with E-state index in [9.17, 15) is 4.79 Å². The minimum absolute atomic E-state index is 0.0339. The van der Waals surface area contributed by atoms with E-state index in [1.165, 1.54) is 12.8 Å². The maximum Gasteiger partial charge on any atom is 0.257 e. The average molecular weight is 292 g/mol. The van der Waals surface area contributed by atoms with Crippen molar-refractivity contribution in [1.82, 2.24) is 10.2 Å². The highest BCUT2D eigenvalue weighted by Crippen LogP contribution is 2.26. The number of amides is 1. The van der Waals surface area contributed by atoms with E-state index in [0.717, 1.165) is 5.75 Å². The molecule has 0 unspecified atom stereocenters. The van der Waals surface area contributed by atoms with Crippen molar-refractivity contribution in [2.45, 2.75) is 31.8 Å². The molecule has 1 fully saturated rings. The topological polar surface area (TPSA) is 50.8 Å². The summed E-state index contributed by atoms with van der Waals surface area (Å²) in [4.78, 5) is 14.1. The number of ether oxygens (including phenoxy) is 2. The normalized spacial score (nSPS) is 15.6. The molecule has 1 aliphatic carbocycles. The van der Waals surface area contributed by atoms with Crippen molar-refractivity contribution >= 4 is 5.91 Å². The van der Waals surface area contributed by atoms with Gasteiger partial charge >= 0.3 is 0 Å². The number of carbonyl (C=O) groups excluding carboxylic acids is 1. The molecule has 2 rings (SSSR count). The van der Waals surface area contributed by atoms with E-state index in [0.29, 0.717) is 24.4 Å². The Kier molecular flexibility index (Phi) is 5.44. The van der Waals surface area contributed by atoms with Crippen LogP contribution in [0.15, 0.2) is 24.3 Å². The summed E-state index contributed by atoms with van der Waals surface area (Å²) in [6.07, 6.45) is 2.55. The first-order chi connectivity index (χ1) is 10.1. The molecule has 21 heavy (non-hydrogen) atoms. The molecule has 0 aromatic heterocycles. The number of nitrogens with one attached hydrogen (secondary N) is 1. The Hall–Kier alpha value is -1.75. The second-order valence-corrected chi connectivity index (χ2v) is 5.51. The van der Waals surface area contributed by atoms with Crippen molar-refractivity contribution in [2.24, 2.45) is 0 Å². The van der Waals surface area contributed by atoms with E-state index < -0.39 is 0 Å². The van der Waals surface area contributed by atoms with Crippen LogP contribution in [0.2, 0.25) is 0 Å². The van der Waals surface area contributed by atoms with Crippen LogP contribution in [0.25, 0.3) is 0 Å². The van der Waals surface area contributed by atoms with Crippen LogP contribution in [0.4, 0.5) is 0 Å². The summed E-state index contributed by atoms with van der Waals surface area (Å²) in [6, 6.07) is 8.24. The highest BCUT2D eigenvalue weighted by Gasteiger charge is 2.29. The van der Waals surface area contributed by atoms with Crippen LogP contribution in [0.1, 0.15) is 19.8 Å². The quantitative estimate of drug-likeness (QED) is 0.792. The predicted octanol–water partition coefficient (Wildman–Crippen LogP) is 1.67. The maximum absolute atomic E-state index is 11.8. The zero-order chi connectivity index (χ0) is 15.2. The largest absolute Gasteiger partial charge is 0.497 e. The van der Waals surface area contributed by atoms with Crippen LogP contribution >= 0.6 is 0 Å². The zero-order valence-corrected chi connectivity index (χ0v) is 13.0. The number of carbonyl (C=O) groups is 1. The smallest absolute Gasteiger partial charge is 0.257 e. The van der Waals surface area contributed by atoms with Gasteiger partial charge in [0, 0.05) is 18.6 Å². The summed E-state index contributed by atoms with van der Waals surface area (Å²) in [6.45, 7) is 2.81. The summed E-state index contributed by atoms with van der Waals surface area (Å²) in [7, 11) is 3.73. The van der Waals surface area contributed by atoms with Gasteiger partial charge in [-0.15, -0.1) is 0 Å². The van der Waals surface area contributed by atoms with Crippen LogP contribution in [-0.4, -0.2) is 50.2 Å². The number of methoxy groups -OCH3 is 1. The van der Waals surface area contributed by atoms with E-state index in [2.05, 4.69) is 24.2 Å². The van der Waals surface area contributed by atoms with Gasteiger partial charge in [0.2, 0.25) is 0 Å². The summed E-state index contributed by atoms with van der Waals surface area (Å²) < 4.78 is 10.5. The molecule has 1 amide bonds. The third-order valence-electron chi connectivity index (χ3n) is 3.84. The molecule has 5 heteroatoms. The molecule has 0 spiro atoms. The lowest BCUT2D eigenvalue weighted by Crippen LogP contribution is -2.42. The van der Waals surface area contributed by atoms with Gasteiger partial charge < -0.3 is 14.8 Å². The minimum Gasteiger partial charge on any atom is -0.497 e. The SMILES string of the molecule is COc1ccc(OCC(=O)NC[C@@H](C)N(C)C2CC2)cc1. The maximum atomic E-state index is 11.8. The molecule has 0 heterocycles. The van der Waals surface area contributed by atoms with Crippen molar-refractivity contribution in [3.05, 3.63) is 24.3 Å². The van der Waals surface area contributed by atoms with Gasteiger partial charge in [-0.1, -0.05) is 0 Å². The minimum atomic E-state index is -0.0955. The molecular weight excluding hydrogens is 268 g/mol. The predicted molar refractivity (Wildman–Crippen MR) is 81.7 cm³/mol. The number of hydrogen-bond acceptors (Lipinski definition) is 4. The molecule has 1 N–H and O–H groups in total. The van der Waals surface area contributed by atoms with E-state index >= 15 is 0 Å². The fraction of sp³-hybridized carbons (Fsp3) is 0.562. The van der Waals surface area contributed by atoms with Crippen LogP contribution in [0.5, 0.6) is 11.5 Å². The monoisotopic (exact) mass is 292 g/mol. The van der Waals surface area contributed by atoms with Gasteiger partial charge in [0.25, 0.3) is 5.91 Å². The van der Waals surface area contributed by atoms with E-state index in [1.54, 1.807) is 31.4 Å². The number of rotatable bonds is 8. The van der Waals surface area contributed by atoms with E-state index in [1.807, 2.05) is 0 Å². The standard InChI is InChI=1S/C16H24N2O3/c1-12(18(2)13-4-5-13)10-17-16(19)11-21-15-8-6-14(20-3)7-9-15/h6-9,12-13H,4-5,10-11H2,1-3H3,(H,17,19)/t12-/m1/s1. The second-order valence-electron chi connectivity index (χ2n) is 5.51. The lowest BCUT2D eigenvalue weighted by atomic mass is 10.3. The Morgan fingerprint density at radius 3 is 2.52 bits per heavy atom. The van der Waals surface area contributed by atoms with Gasteiger partial charge in [-0.2, -0.15) is 0 Å². The molecule has 1 aromatic rings. The summed E-state index contributed by atoms with van der Waals surface area (Å²) >= 11 is 0. The molecule has 0 bridgehead atoms. The Morgan fingerprint density at radius 2 is 1.95 bits per heavy atom. The van der Waals surface area contributed by atoms with Crippen LogP contribution < -0.4 is 14.8 Å². The van der Waals surface area contributed by atoms with Crippen molar-refractivity contribution in [1.29, 1.82) is 0 Å². The molecule has 1 aromatic carbocycles. The van der Waals surface area contributed by atoms with Gasteiger partial charge in [0.15, 0.2) is 6.61 Å². The van der Waals surface area contributed by atoms with Crippen LogP contribution in [-0.2, 0) is 4.79 Å². The van der Waals surface area contributed by atoms with E-state index in [-0.39, 0.29) is 12.5 Å². The Morgan fingerprint density at radius 1 is 1.33 bits per heavy atom.